The summed E-state index contributed by atoms with van der Waals surface area (Å²) in [4.78, 5) is 29.3. The van der Waals surface area contributed by atoms with Crippen LogP contribution in [-0.2, 0) is 9.53 Å². The van der Waals surface area contributed by atoms with Gasteiger partial charge in [0.2, 0.25) is 6.10 Å². The summed E-state index contributed by atoms with van der Waals surface area (Å²) in [5.74, 6) is -0.760. The second-order valence-electron chi connectivity index (χ2n) is 5.90. The average molecular weight is 431 g/mol. The van der Waals surface area contributed by atoms with Crippen LogP contribution >= 0.6 is 23.2 Å². The molecule has 2 aromatic carbocycles. The van der Waals surface area contributed by atoms with E-state index in [2.05, 4.69) is 10.3 Å². The molecular weight excluding hydrogens is 415 g/mol. The minimum Gasteiger partial charge on any atom is -0.495 e. The molecule has 0 aliphatic heterocycles. The van der Waals surface area contributed by atoms with Gasteiger partial charge in [-0.3, -0.25) is 4.79 Å². The van der Waals surface area contributed by atoms with E-state index >= 15 is 0 Å². The lowest BCUT2D eigenvalue weighted by molar-refractivity contribution is -0.125. The molecule has 148 valence electrons. The number of esters is 1. The van der Waals surface area contributed by atoms with Crippen LogP contribution in [0, 0.1) is 0 Å². The number of pyridine rings is 1. The lowest BCUT2D eigenvalue weighted by atomic mass is 10.1. The molecule has 0 spiro atoms. The number of nitrogens with one attached hydrogen (secondary N) is 1. The molecule has 1 amide bonds. The number of aromatic nitrogens is 1. The smallest absolute Gasteiger partial charge is 0.340 e. The molecule has 3 rings (SSSR count). The number of hydrogen-bond donors (Lipinski definition) is 1. The summed E-state index contributed by atoms with van der Waals surface area (Å²) in [6.45, 7) is 0. The molecule has 1 heterocycles. The first-order valence-electron chi connectivity index (χ1n) is 8.50. The Bertz CT molecular complexity index is 1010. The summed E-state index contributed by atoms with van der Waals surface area (Å²) in [6.07, 6.45) is 0.105. The predicted molar refractivity (Wildman–Crippen MR) is 110 cm³/mol. The van der Waals surface area contributed by atoms with Crippen molar-refractivity contribution in [3.63, 3.8) is 0 Å². The van der Waals surface area contributed by atoms with Gasteiger partial charge in [0.1, 0.15) is 10.9 Å². The van der Waals surface area contributed by atoms with E-state index in [0.717, 1.165) is 0 Å². The third kappa shape index (κ3) is 5.25. The Hall–Kier alpha value is -3.09. The Labute approximate surface area is 177 Å². The maximum atomic E-state index is 12.9. The highest BCUT2D eigenvalue weighted by Crippen LogP contribution is 2.28. The summed E-state index contributed by atoms with van der Waals surface area (Å²) in [6, 6.07) is 16.4. The molecule has 3 aromatic rings. The molecule has 1 aromatic heterocycles. The van der Waals surface area contributed by atoms with Crippen molar-refractivity contribution in [2.75, 3.05) is 12.4 Å². The normalized spacial score (nSPS) is 11.4. The van der Waals surface area contributed by atoms with E-state index in [1.165, 1.54) is 25.4 Å². The number of methoxy groups -OCH3 is 1. The second-order valence-corrected chi connectivity index (χ2v) is 6.70. The van der Waals surface area contributed by atoms with Crippen LogP contribution in [0.2, 0.25) is 10.2 Å². The van der Waals surface area contributed by atoms with Gasteiger partial charge in [0.05, 0.1) is 17.7 Å². The molecule has 1 atom stereocenters. The average Bonchev–Trinajstić information content (AvgIpc) is 2.73. The third-order valence-electron chi connectivity index (χ3n) is 3.95. The van der Waals surface area contributed by atoms with Gasteiger partial charge >= 0.3 is 5.97 Å². The van der Waals surface area contributed by atoms with Gasteiger partial charge in [-0.2, -0.15) is 0 Å². The van der Waals surface area contributed by atoms with Crippen molar-refractivity contribution < 1.29 is 19.1 Å². The van der Waals surface area contributed by atoms with Crippen LogP contribution < -0.4 is 10.1 Å². The number of rotatable bonds is 6. The minimum atomic E-state index is -1.18. The molecule has 0 saturated heterocycles. The van der Waals surface area contributed by atoms with Crippen molar-refractivity contribution in [2.45, 2.75) is 6.10 Å². The fraction of sp³-hybridized carbons (Fsp3) is 0.0952. The zero-order valence-corrected chi connectivity index (χ0v) is 16.8. The lowest BCUT2D eigenvalue weighted by Crippen LogP contribution is -2.26. The highest BCUT2D eigenvalue weighted by Gasteiger charge is 2.26. The zero-order valence-electron chi connectivity index (χ0n) is 15.3. The fourth-order valence-corrected chi connectivity index (χ4v) is 2.89. The Kier molecular flexibility index (Phi) is 6.69. The van der Waals surface area contributed by atoms with Crippen molar-refractivity contribution in [1.29, 1.82) is 0 Å². The van der Waals surface area contributed by atoms with Crippen molar-refractivity contribution >= 4 is 40.8 Å². The number of halogens is 2. The maximum Gasteiger partial charge on any atom is 0.340 e. The molecule has 1 unspecified atom stereocenters. The molecule has 1 N–H and O–H groups in total. The molecule has 8 heteroatoms. The number of carbonyl (C=O) groups is 2. The molecule has 0 saturated carbocycles. The van der Waals surface area contributed by atoms with Crippen LogP contribution in [0.4, 0.5) is 5.69 Å². The second kappa shape index (κ2) is 9.41. The van der Waals surface area contributed by atoms with E-state index in [0.29, 0.717) is 22.0 Å². The summed E-state index contributed by atoms with van der Waals surface area (Å²) < 4.78 is 10.6. The lowest BCUT2D eigenvalue weighted by Gasteiger charge is -2.18. The largest absolute Gasteiger partial charge is 0.495 e. The van der Waals surface area contributed by atoms with Gasteiger partial charge < -0.3 is 14.8 Å². The third-order valence-corrected chi connectivity index (χ3v) is 4.47. The maximum absolute atomic E-state index is 12.9. The fourth-order valence-electron chi connectivity index (χ4n) is 2.52. The van der Waals surface area contributed by atoms with Crippen LogP contribution in [0.15, 0.2) is 66.9 Å². The highest BCUT2D eigenvalue weighted by molar-refractivity contribution is 6.32. The number of anilines is 1. The summed E-state index contributed by atoms with van der Waals surface area (Å²) in [5, 5.41) is 3.29. The van der Waals surface area contributed by atoms with Crippen molar-refractivity contribution in [3.8, 4) is 5.75 Å². The number of amides is 1. The van der Waals surface area contributed by atoms with Crippen LogP contribution in [0.25, 0.3) is 0 Å². The van der Waals surface area contributed by atoms with Crippen molar-refractivity contribution in [1.82, 2.24) is 4.98 Å². The SMILES string of the molecule is COc1ccc(NC(=O)C(OC(=O)c2ccc(Cl)nc2)c2ccccc2)cc1Cl. The van der Waals surface area contributed by atoms with Gasteiger partial charge in [-0.05, 0) is 30.3 Å². The Morgan fingerprint density at radius 2 is 1.79 bits per heavy atom. The van der Waals surface area contributed by atoms with E-state index in [9.17, 15) is 9.59 Å². The zero-order chi connectivity index (χ0) is 20.8. The van der Waals surface area contributed by atoms with Gasteiger partial charge in [-0.1, -0.05) is 53.5 Å². The van der Waals surface area contributed by atoms with Gasteiger partial charge in [0.25, 0.3) is 5.91 Å². The quantitative estimate of drug-likeness (QED) is 0.442. The topological polar surface area (TPSA) is 77.5 Å². The minimum absolute atomic E-state index is 0.177. The summed E-state index contributed by atoms with van der Waals surface area (Å²) in [7, 11) is 1.50. The van der Waals surface area contributed by atoms with Crippen LogP contribution in [0.1, 0.15) is 22.0 Å². The van der Waals surface area contributed by atoms with Crippen molar-refractivity contribution in [2.24, 2.45) is 0 Å². The summed E-state index contributed by atoms with van der Waals surface area (Å²) in [5.41, 5.74) is 1.13. The number of carbonyl (C=O) groups excluding carboxylic acids is 2. The number of benzene rings is 2. The molecular formula is C21H16Cl2N2O4. The monoisotopic (exact) mass is 430 g/mol. The van der Waals surface area contributed by atoms with Gasteiger partial charge in [0.15, 0.2) is 0 Å². The number of nitrogens with zero attached hydrogens (tertiary/aromatic N) is 1. The highest BCUT2D eigenvalue weighted by atomic mass is 35.5. The number of hydrogen-bond acceptors (Lipinski definition) is 5. The van der Waals surface area contributed by atoms with Crippen LogP contribution in [0.3, 0.4) is 0 Å². The van der Waals surface area contributed by atoms with Crippen LogP contribution in [0.5, 0.6) is 5.75 Å². The standard InChI is InChI=1S/C21H16Cl2N2O4/c1-28-17-9-8-15(11-16(17)22)25-20(26)19(13-5-3-2-4-6-13)29-21(27)14-7-10-18(23)24-12-14/h2-12,19H,1H3,(H,25,26). The van der Waals surface area contributed by atoms with E-state index in [4.69, 9.17) is 32.7 Å². The van der Waals surface area contributed by atoms with E-state index in [1.54, 1.807) is 48.5 Å². The first-order chi connectivity index (χ1) is 14.0. The molecule has 0 fully saturated rings. The van der Waals surface area contributed by atoms with Gasteiger partial charge in [0, 0.05) is 17.4 Å². The Balaban J connectivity index is 1.83. The molecule has 6 nitrogen and oxygen atoms in total. The van der Waals surface area contributed by atoms with E-state index in [1.807, 2.05) is 0 Å². The van der Waals surface area contributed by atoms with Crippen LogP contribution in [-0.4, -0.2) is 24.0 Å². The van der Waals surface area contributed by atoms with Gasteiger partial charge in [-0.15, -0.1) is 0 Å². The first-order valence-corrected chi connectivity index (χ1v) is 9.25. The predicted octanol–water partition coefficient (Wildman–Crippen LogP) is 4.93. The van der Waals surface area contributed by atoms with Gasteiger partial charge in [-0.25, -0.2) is 9.78 Å². The Morgan fingerprint density at radius 1 is 1.03 bits per heavy atom. The molecule has 0 bridgehead atoms. The summed E-state index contributed by atoms with van der Waals surface area (Å²) >= 11 is 11.9. The molecule has 0 aliphatic carbocycles. The van der Waals surface area contributed by atoms with Crippen molar-refractivity contribution in [3.05, 3.63) is 88.2 Å². The molecule has 0 aliphatic rings. The van der Waals surface area contributed by atoms with E-state index < -0.39 is 18.0 Å². The van der Waals surface area contributed by atoms with E-state index in [-0.39, 0.29) is 10.7 Å². The molecule has 29 heavy (non-hydrogen) atoms. The first kappa shape index (κ1) is 20.6. The Morgan fingerprint density at radius 3 is 2.41 bits per heavy atom. The number of ether oxygens (including phenoxy) is 2. The molecule has 0 radical (unpaired) electrons.